The highest BCUT2D eigenvalue weighted by molar-refractivity contribution is 5.93. The third kappa shape index (κ3) is 10.3. The maximum Gasteiger partial charge on any atom is 0.363 e. The van der Waals surface area contributed by atoms with Crippen LogP contribution in [0.5, 0.6) is 0 Å². The number of carbonyl (C=O) groups excluding carboxylic acids is 5. The van der Waals surface area contributed by atoms with Crippen molar-refractivity contribution in [1.29, 1.82) is 0 Å². The first-order chi connectivity index (χ1) is 22.0. The van der Waals surface area contributed by atoms with E-state index in [9.17, 15) is 24.0 Å². The molecule has 0 aliphatic carbocycles. The first-order valence-electron chi connectivity index (χ1n) is 15.5. The van der Waals surface area contributed by atoms with Crippen molar-refractivity contribution in [3.05, 3.63) is 83.6 Å². The highest BCUT2D eigenvalue weighted by Crippen LogP contribution is 2.24. The lowest BCUT2D eigenvalue weighted by Gasteiger charge is -2.31. The van der Waals surface area contributed by atoms with Gasteiger partial charge in [-0.25, -0.2) is 9.59 Å². The number of esters is 1. The molecule has 0 radical (unpaired) electrons. The maximum atomic E-state index is 13.4. The SMILES string of the molecule is CCCCCC(C(=O)NCNC(=O)c1ccc(-c2ccc(C(=O)OC(C)(C)C)cc2)o1)[C@@H](CC)N(C=O)OC(=O)c1ccccc1. The zero-order chi connectivity index (χ0) is 33.7. The number of hydrogen-bond acceptors (Lipinski definition) is 8. The van der Waals surface area contributed by atoms with Gasteiger partial charge >= 0.3 is 11.9 Å². The molecule has 0 saturated heterocycles. The molecule has 3 rings (SSSR count). The van der Waals surface area contributed by atoms with Crippen LogP contribution in [-0.4, -0.2) is 53.5 Å². The van der Waals surface area contributed by atoms with Crippen LogP contribution in [0.25, 0.3) is 11.3 Å². The Labute approximate surface area is 269 Å². The maximum absolute atomic E-state index is 13.4. The summed E-state index contributed by atoms with van der Waals surface area (Å²) < 4.78 is 11.1. The van der Waals surface area contributed by atoms with Gasteiger partial charge in [-0.1, -0.05) is 63.4 Å². The van der Waals surface area contributed by atoms with E-state index in [-0.39, 0.29) is 18.0 Å². The zero-order valence-corrected chi connectivity index (χ0v) is 27.0. The summed E-state index contributed by atoms with van der Waals surface area (Å²) in [6, 6.07) is 17.3. The van der Waals surface area contributed by atoms with E-state index in [1.807, 2.05) is 6.92 Å². The van der Waals surface area contributed by atoms with E-state index in [4.69, 9.17) is 14.0 Å². The monoisotopic (exact) mass is 633 g/mol. The van der Waals surface area contributed by atoms with Crippen molar-refractivity contribution in [3.8, 4) is 11.3 Å². The van der Waals surface area contributed by atoms with Gasteiger partial charge in [0.05, 0.1) is 29.8 Å². The average molecular weight is 634 g/mol. The second kappa shape index (κ2) is 17.0. The summed E-state index contributed by atoms with van der Waals surface area (Å²) in [5.41, 5.74) is 0.716. The summed E-state index contributed by atoms with van der Waals surface area (Å²) in [6.45, 7) is 9.04. The Morgan fingerprint density at radius 1 is 0.870 bits per heavy atom. The number of benzene rings is 2. The van der Waals surface area contributed by atoms with Crippen LogP contribution in [0.3, 0.4) is 0 Å². The third-order valence-electron chi connectivity index (χ3n) is 7.11. The normalized spacial score (nSPS) is 12.4. The number of ether oxygens (including phenoxy) is 1. The van der Waals surface area contributed by atoms with Gasteiger partial charge in [0.2, 0.25) is 12.3 Å². The number of amides is 3. The van der Waals surface area contributed by atoms with Crippen LogP contribution < -0.4 is 10.6 Å². The quantitative estimate of drug-likeness (QED) is 0.0651. The number of rotatable bonds is 16. The van der Waals surface area contributed by atoms with E-state index < -0.39 is 41.3 Å². The van der Waals surface area contributed by atoms with Crippen LogP contribution in [0.15, 0.2) is 71.1 Å². The molecule has 0 aliphatic rings. The molecule has 2 atom stereocenters. The standard InChI is InChI=1S/C35H43N3O8/c1-6-8-10-15-27(28(7-2)38(23-39)46-34(43)25-13-11-9-12-14-25)31(40)36-22-37-32(41)30-21-20-29(44-30)24-16-18-26(19-17-24)33(42)45-35(3,4)5/h9,11-14,16-21,23,27-28H,6-8,10,15,22H2,1-5H3,(H,36,40)(H,37,41)/t27?,28-/m1/s1. The molecule has 0 bridgehead atoms. The van der Waals surface area contributed by atoms with E-state index in [0.29, 0.717) is 36.1 Å². The number of furan rings is 1. The van der Waals surface area contributed by atoms with Crippen molar-refractivity contribution < 1.29 is 38.0 Å². The Morgan fingerprint density at radius 2 is 1.54 bits per heavy atom. The van der Waals surface area contributed by atoms with E-state index >= 15 is 0 Å². The molecule has 1 unspecified atom stereocenters. The number of hydroxylamine groups is 2. The van der Waals surface area contributed by atoms with Gasteiger partial charge < -0.3 is 24.6 Å². The predicted molar refractivity (Wildman–Crippen MR) is 171 cm³/mol. The second-order valence-electron chi connectivity index (χ2n) is 11.8. The summed E-state index contributed by atoms with van der Waals surface area (Å²) in [6.07, 6.45) is 3.76. The molecule has 3 amide bonds. The molecule has 46 heavy (non-hydrogen) atoms. The van der Waals surface area contributed by atoms with Gasteiger partial charge in [0.1, 0.15) is 11.4 Å². The van der Waals surface area contributed by atoms with Crippen molar-refractivity contribution in [1.82, 2.24) is 15.7 Å². The van der Waals surface area contributed by atoms with Gasteiger partial charge in [-0.05, 0) is 70.0 Å². The molecule has 0 aliphatic heterocycles. The minimum Gasteiger partial charge on any atom is -0.456 e. The van der Waals surface area contributed by atoms with Crippen LogP contribution in [0.2, 0.25) is 0 Å². The largest absolute Gasteiger partial charge is 0.456 e. The molecule has 11 nitrogen and oxygen atoms in total. The third-order valence-corrected chi connectivity index (χ3v) is 7.11. The van der Waals surface area contributed by atoms with Crippen LogP contribution in [-0.2, 0) is 19.2 Å². The Kier molecular flexibility index (Phi) is 13.1. The molecule has 1 aromatic heterocycles. The summed E-state index contributed by atoms with van der Waals surface area (Å²) in [5.74, 6) is -2.32. The molecule has 1 heterocycles. The summed E-state index contributed by atoms with van der Waals surface area (Å²) in [7, 11) is 0. The van der Waals surface area contributed by atoms with Crippen molar-refractivity contribution in [2.75, 3.05) is 6.67 Å². The van der Waals surface area contributed by atoms with Crippen molar-refractivity contribution in [3.63, 3.8) is 0 Å². The zero-order valence-electron chi connectivity index (χ0n) is 27.0. The van der Waals surface area contributed by atoms with Gasteiger partial charge in [0, 0.05) is 5.56 Å². The number of hydrogen-bond donors (Lipinski definition) is 2. The molecular weight excluding hydrogens is 590 g/mol. The van der Waals surface area contributed by atoms with Crippen LogP contribution in [0.1, 0.15) is 98.0 Å². The Morgan fingerprint density at radius 3 is 2.15 bits per heavy atom. The number of unbranched alkanes of at least 4 members (excludes halogenated alkanes) is 2. The topological polar surface area (TPSA) is 144 Å². The number of carbonyl (C=O) groups is 5. The molecule has 2 N–H and O–H groups in total. The molecule has 0 saturated carbocycles. The summed E-state index contributed by atoms with van der Waals surface area (Å²) in [5, 5.41) is 6.25. The lowest BCUT2D eigenvalue weighted by atomic mass is 9.90. The van der Waals surface area contributed by atoms with Gasteiger partial charge in [-0.2, -0.15) is 5.06 Å². The molecule has 3 aromatic rings. The molecule has 11 heteroatoms. The fraction of sp³-hybridized carbons (Fsp3) is 0.400. The number of nitrogens with one attached hydrogen (secondary N) is 2. The first kappa shape index (κ1) is 35.5. The average Bonchev–Trinajstić information content (AvgIpc) is 3.54. The van der Waals surface area contributed by atoms with Crippen LogP contribution in [0, 0.1) is 5.92 Å². The molecule has 0 fully saturated rings. The van der Waals surface area contributed by atoms with E-state index in [2.05, 4.69) is 10.6 Å². The minimum atomic E-state index is -0.716. The van der Waals surface area contributed by atoms with Crippen LogP contribution in [0.4, 0.5) is 0 Å². The first-order valence-corrected chi connectivity index (χ1v) is 15.5. The highest BCUT2D eigenvalue weighted by atomic mass is 16.7. The van der Waals surface area contributed by atoms with Gasteiger partial charge in [0.15, 0.2) is 5.76 Å². The Balaban J connectivity index is 1.61. The molecule has 246 valence electrons. The lowest BCUT2D eigenvalue weighted by Crippen LogP contribution is -2.49. The lowest BCUT2D eigenvalue weighted by molar-refractivity contribution is -0.171. The minimum absolute atomic E-state index is 0.0337. The molecular formula is C35H43N3O8. The predicted octanol–water partition coefficient (Wildman–Crippen LogP) is 5.91. The van der Waals surface area contributed by atoms with Gasteiger partial charge in [0.25, 0.3) is 5.91 Å². The van der Waals surface area contributed by atoms with Crippen molar-refractivity contribution in [2.24, 2.45) is 5.92 Å². The summed E-state index contributed by atoms with van der Waals surface area (Å²) in [4.78, 5) is 68.5. The molecule has 2 aromatic carbocycles. The Bertz CT molecular complexity index is 1460. The second-order valence-corrected chi connectivity index (χ2v) is 11.8. The van der Waals surface area contributed by atoms with Crippen LogP contribution >= 0.6 is 0 Å². The number of nitrogens with zero attached hydrogens (tertiary/aromatic N) is 1. The fourth-order valence-corrected chi connectivity index (χ4v) is 4.80. The Hall–Kier alpha value is -4.93. The van der Waals surface area contributed by atoms with Crippen molar-refractivity contribution >= 4 is 30.2 Å². The van der Waals surface area contributed by atoms with E-state index in [0.717, 1.165) is 24.3 Å². The van der Waals surface area contributed by atoms with E-state index in [1.54, 1.807) is 88.4 Å². The smallest absolute Gasteiger partial charge is 0.363 e. The van der Waals surface area contributed by atoms with E-state index in [1.165, 1.54) is 6.07 Å². The highest BCUT2D eigenvalue weighted by Gasteiger charge is 2.33. The fourth-order valence-electron chi connectivity index (χ4n) is 4.80. The van der Waals surface area contributed by atoms with Crippen molar-refractivity contribution in [2.45, 2.75) is 78.4 Å². The summed E-state index contributed by atoms with van der Waals surface area (Å²) >= 11 is 0. The van der Waals surface area contributed by atoms with Gasteiger partial charge in [-0.15, -0.1) is 0 Å². The molecule has 0 spiro atoms. The van der Waals surface area contributed by atoms with Gasteiger partial charge in [-0.3, -0.25) is 14.4 Å².